The van der Waals surface area contributed by atoms with Crippen molar-refractivity contribution in [2.24, 2.45) is 0 Å². The summed E-state index contributed by atoms with van der Waals surface area (Å²) in [4.78, 5) is 14.5. The molecule has 0 spiro atoms. The quantitative estimate of drug-likeness (QED) is 0.749. The maximum atomic E-state index is 12.4. The van der Waals surface area contributed by atoms with E-state index in [-0.39, 0.29) is 11.9 Å². The van der Waals surface area contributed by atoms with Gasteiger partial charge >= 0.3 is 0 Å². The van der Waals surface area contributed by atoms with E-state index in [1.54, 1.807) is 7.11 Å². The largest absolute Gasteiger partial charge is 0.385 e. The van der Waals surface area contributed by atoms with Crippen LogP contribution in [0.3, 0.4) is 0 Å². The lowest BCUT2D eigenvalue weighted by molar-refractivity contribution is -0.120. The molecule has 0 aliphatic heterocycles. The van der Waals surface area contributed by atoms with Gasteiger partial charge in [-0.3, -0.25) is 9.69 Å². The molecular weight excluding hydrogens is 264 g/mol. The lowest BCUT2D eigenvalue weighted by Gasteiger charge is -2.24. The molecule has 1 atom stereocenters. The second-order valence-electron chi connectivity index (χ2n) is 5.45. The number of rotatable bonds is 8. The topological polar surface area (TPSA) is 41.6 Å². The zero-order chi connectivity index (χ0) is 15.8. The number of amides is 1. The Morgan fingerprint density at radius 2 is 2.14 bits per heavy atom. The molecule has 0 bridgehead atoms. The number of benzene rings is 1. The van der Waals surface area contributed by atoms with Gasteiger partial charge in [-0.15, -0.1) is 0 Å². The molecule has 0 saturated carbocycles. The van der Waals surface area contributed by atoms with Crippen molar-refractivity contribution in [3.63, 3.8) is 0 Å². The third-order valence-corrected chi connectivity index (χ3v) is 3.89. The van der Waals surface area contributed by atoms with Gasteiger partial charge < -0.3 is 10.1 Å². The minimum Gasteiger partial charge on any atom is -0.385 e. The van der Waals surface area contributed by atoms with E-state index in [9.17, 15) is 4.79 Å². The number of methoxy groups -OCH3 is 1. The molecule has 1 rings (SSSR count). The van der Waals surface area contributed by atoms with Gasteiger partial charge in [0.05, 0.1) is 6.04 Å². The number of hydrogen-bond acceptors (Lipinski definition) is 3. The number of para-hydroxylation sites is 1. The van der Waals surface area contributed by atoms with Gasteiger partial charge in [-0.1, -0.05) is 25.1 Å². The van der Waals surface area contributed by atoms with Crippen LogP contribution in [0.5, 0.6) is 0 Å². The van der Waals surface area contributed by atoms with Gasteiger partial charge in [0.2, 0.25) is 5.91 Å². The van der Waals surface area contributed by atoms with Crippen molar-refractivity contribution in [2.75, 3.05) is 32.6 Å². The van der Waals surface area contributed by atoms with Crippen LogP contribution in [0.2, 0.25) is 0 Å². The Balaban J connectivity index is 2.68. The van der Waals surface area contributed by atoms with Crippen LogP contribution in [0.4, 0.5) is 5.69 Å². The number of nitrogens with one attached hydrogen (secondary N) is 1. The fourth-order valence-electron chi connectivity index (χ4n) is 2.28. The summed E-state index contributed by atoms with van der Waals surface area (Å²) in [6.07, 6.45) is 1.84. The van der Waals surface area contributed by atoms with Gasteiger partial charge in [-0.2, -0.15) is 0 Å². The number of carbonyl (C=O) groups excluding carboxylic acids is 1. The number of hydrogen-bond donors (Lipinski definition) is 1. The molecule has 0 fully saturated rings. The van der Waals surface area contributed by atoms with Crippen molar-refractivity contribution >= 4 is 11.6 Å². The zero-order valence-electron chi connectivity index (χ0n) is 13.9. The predicted octanol–water partition coefficient (Wildman–Crippen LogP) is 2.85. The molecule has 0 aromatic heterocycles. The Morgan fingerprint density at radius 1 is 1.43 bits per heavy atom. The van der Waals surface area contributed by atoms with Gasteiger partial charge in [0, 0.05) is 25.9 Å². The van der Waals surface area contributed by atoms with Crippen LogP contribution in [-0.2, 0) is 16.0 Å². The highest BCUT2D eigenvalue weighted by molar-refractivity contribution is 5.95. The molecule has 0 radical (unpaired) electrons. The summed E-state index contributed by atoms with van der Waals surface area (Å²) in [6, 6.07) is 5.97. The van der Waals surface area contributed by atoms with E-state index < -0.39 is 0 Å². The highest BCUT2D eigenvalue weighted by Crippen LogP contribution is 2.21. The van der Waals surface area contributed by atoms with E-state index in [2.05, 4.69) is 23.2 Å². The Morgan fingerprint density at radius 3 is 2.76 bits per heavy atom. The molecule has 1 N–H and O–H groups in total. The van der Waals surface area contributed by atoms with Gasteiger partial charge in [-0.25, -0.2) is 0 Å². The molecule has 0 saturated heterocycles. The molecule has 0 aliphatic rings. The summed E-state index contributed by atoms with van der Waals surface area (Å²) in [5.41, 5.74) is 3.25. The Kier molecular flexibility index (Phi) is 7.40. The molecule has 118 valence electrons. The fraction of sp³-hybridized carbons (Fsp3) is 0.588. The smallest absolute Gasteiger partial charge is 0.241 e. The minimum absolute atomic E-state index is 0.0407. The van der Waals surface area contributed by atoms with Crippen molar-refractivity contribution in [3.8, 4) is 0 Å². The van der Waals surface area contributed by atoms with Gasteiger partial charge in [0.25, 0.3) is 0 Å². The number of ether oxygens (including phenoxy) is 1. The Hall–Kier alpha value is -1.39. The van der Waals surface area contributed by atoms with Crippen LogP contribution in [0.1, 0.15) is 31.4 Å². The SMILES string of the molecule is CCc1cccc(C)c1NC(=O)C(C)N(C)CCCOC. The first-order valence-electron chi connectivity index (χ1n) is 7.59. The molecule has 4 heteroatoms. The maximum Gasteiger partial charge on any atom is 0.241 e. The second kappa shape index (κ2) is 8.80. The van der Waals surface area contributed by atoms with Crippen molar-refractivity contribution in [1.82, 2.24) is 4.90 Å². The molecular formula is C17H28N2O2. The van der Waals surface area contributed by atoms with Crippen LogP contribution in [0, 0.1) is 6.92 Å². The Bertz CT molecular complexity index is 460. The van der Waals surface area contributed by atoms with Crippen LogP contribution < -0.4 is 5.32 Å². The number of anilines is 1. The van der Waals surface area contributed by atoms with Crippen LogP contribution in [0.25, 0.3) is 0 Å². The monoisotopic (exact) mass is 292 g/mol. The first-order chi connectivity index (χ1) is 10.0. The van der Waals surface area contributed by atoms with Gasteiger partial charge in [0.1, 0.15) is 0 Å². The maximum absolute atomic E-state index is 12.4. The summed E-state index contributed by atoms with van der Waals surface area (Å²) < 4.78 is 5.05. The van der Waals surface area contributed by atoms with E-state index >= 15 is 0 Å². The molecule has 4 nitrogen and oxygen atoms in total. The lowest BCUT2D eigenvalue weighted by atomic mass is 10.1. The second-order valence-corrected chi connectivity index (χ2v) is 5.45. The first kappa shape index (κ1) is 17.7. The van der Waals surface area contributed by atoms with E-state index in [0.29, 0.717) is 0 Å². The van der Waals surface area contributed by atoms with Crippen molar-refractivity contribution in [2.45, 2.75) is 39.7 Å². The zero-order valence-corrected chi connectivity index (χ0v) is 13.9. The highest BCUT2D eigenvalue weighted by atomic mass is 16.5. The average molecular weight is 292 g/mol. The highest BCUT2D eigenvalue weighted by Gasteiger charge is 2.19. The predicted molar refractivity (Wildman–Crippen MR) is 87.8 cm³/mol. The average Bonchev–Trinajstić information content (AvgIpc) is 2.48. The normalized spacial score (nSPS) is 12.5. The molecule has 1 unspecified atom stereocenters. The molecule has 1 aromatic carbocycles. The van der Waals surface area contributed by atoms with Gasteiger partial charge in [-0.05, 0) is 44.9 Å². The number of carbonyl (C=O) groups is 1. The number of likely N-dealkylation sites (N-methyl/N-ethyl adjacent to an activating group) is 1. The summed E-state index contributed by atoms with van der Waals surface area (Å²) in [5, 5.41) is 3.09. The first-order valence-corrected chi connectivity index (χ1v) is 7.59. The summed E-state index contributed by atoms with van der Waals surface area (Å²) in [7, 11) is 3.67. The summed E-state index contributed by atoms with van der Waals surface area (Å²) in [5.74, 6) is 0.0407. The third kappa shape index (κ3) is 5.14. The summed E-state index contributed by atoms with van der Waals surface area (Å²) >= 11 is 0. The van der Waals surface area contributed by atoms with Crippen LogP contribution in [0.15, 0.2) is 18.2 Å². The third-order valence-electron chi connectivity index (χ3n) is 3.89. The van der Waals surface area contributed by atoms with Crippen LogP contribution in [-0.4, -0.2) is 44.2 Å². The molecule has 0 aliphatic carbocycles. The summed E-state index contributed by atoms with van der Waals surface area (Å²) in [6.45, 7) is 7.63. The number of aryl methyl sites for hydroxylation is 2. The molecule has 1 aromatic rings. The van der Waals surface area contributed by atoms with E-state index in [1.807, 2.05) is 33.0 Å². The van der Waals surface area contributed by atoms with Crippen molar-refractivity contribution in [1.29, 1.82) is 0 Å². The Labute approximate surface area is 128 Å². The molecule has 1 amide bonds. The lowest BCUT2D eigenvalue weighted by Crippen LogP contribution is -2.40. The van der Waals surface area contributed by atoms with E-state index in [4.69, 9.17) is 4.74 Å². The minimum atomic E-state index is -0.161. The van der Waals surface area contributed by atoms with Crippen molar-refractivity contribution < 1.29 is 9.53 Å². The van der Waals surface area contributed by atoms with Gasteiger partial charge in [0.15, 0.2) is 0 Å². The molecule has 0 heterocycles. The molecule has 21 heavy (non-hydrogen) atoms. The van der Waals surface area contributed by atoms with E-state index in [0.717, 1.165) is 37.2 Å². The fourth-order valence-corrected chi connectivity index (χ4v) is 2.28. The van der Waals surface area contributed by atoms with Crippen LogP contribution >= 0.6 is 0 Å². The number of nitrogens with zero attached hydrogens (tertiary/aromatic N) is 1. The van der Waals surface area contributed by atoms with E-state index in [1.165, 1.54) is 5.56 Å². The standard InChI is InChI=1S/C17H28N2O2/c1-6-15-10-7-9-13(2)16(15)18-17(20)14(3)19(4)11-8-12-21-5/h7,9-10,14H,6,8,11-12H2,1-5H3,(H,18,20). The van der Waals surface area contributed by atoms with Crippen molar-refractivity contribution in [3.05, 3.63) is 29.3 Å².